The van der Waals surface area contributed by atoms with E-state index in [1.807, 2.05) is 36.4 Å². The quantitative estimate of drug-likeness (QED) is 0.749. The first-order valence-electron chi connectivity index (χ1n) is 6.33. The molecule has 0 saturated carbocycles. The Morgan fingerprint density at radius 1 is 1.00 bits per heavy atom. The first-order valence-corrected chi connectivity index (χ1v) is 6.33. The molecule has 3 aromatic rings. The standard InChI is InChI=1S/C16H16N2O/c17-10-12-6-7-16-13(8-12)9-14(18-16)11-19-15-4-2-1-3-5-15/h1-9,18H,10-11,17H2. The van der Waals surface area contributed by atoms with Crippen molar-refractivity contribution in [3.63, 3.8) is 0 Å². The SMILES string of the molecule is NCc1ccc2[nH]c(COc3ccccc3)cc2c1. The summed E-state index contributed by atoms with van der Waals surface area (Å²) in [7, 11) is 0. The lowest BCUT2D eigenvalue weighted by Crippen LogP contribution is -1.94. The van der Waals surface area contributed by atoms with Crippen molar-refractivity contribution >= 4 is 10.9 Å². The van der Waals surface area contributed by atoms with Gasteiger partial charge in [0.1, 0.15) is 12.4 Å². The number of hydrogen-bond donors (Lipinski definition) is 2. The zero-order valence-electron chi connectivity index (χ0n) is 10.6. The van der Waals surface area contributed by atoms with Crippen molar-refractivity contribution in [3.8, 4) is 5.75 Å². The Morgan fingerprint density at radius 2 is 1.84 bits per heavy atom. The zero-order valence-corrected chi connectivity index (χ0v) is 10.6. The summed E-state index contributed by atoms with van der Waals surface area (Å²) in [5.41, 5.74) is 8.97. The molecule has 0 spiro atoms. The first kappa shape index (κ1) is 11.8. The smallest absolute Gasteiger partial charge is 0.128 e. The van der Waals surface area contributed by atoms with Gasteiger partial charge in [0.2, 0.25) is 0 Å². The minimum atomic E-state index is 0.538. The predicted octanol–water partition coefficient (Wildman–Crippen LogP) is 3.21. The monoisotopic (exact) mass is 252 g/mol. The lowest BCUT2D eigenvalue weighted by molar-refractivity contribution is 0.302. The number of H-pyrrole nitrogens is 1. The normalized spacial score (nSPS) is 10.8. The molecule has 0 radical (unpaired) electrons. The Hall–Kier alpha value is -2.26. The van der Waals surface area contributed by atoms with Crippen LogP contribution >= 0.6 is 0 Å². The van der Waals surface area contributed by atoms with E-state index in [1.165, 1.54) is 5.39 Å². The molecule has 0 amide bonds. The minimum Gasteiger partial charge on any atom is -0.487 e. The van der Waals surface area contributed by atoms with E-state index in [1.54, 1.807) is 0 Å². The Bertz CT molecular complexity index is 674. The molecule has 3 nitrogen and oxygen atoms in total. The van der Waals surface area contributed by atoms with E-state index in [0.29, 0.717) is 13.2 Å². The number of nitrogens with two attached hydrogens (primary N) is 1. The maximum Gasteiger partial charge on any atom is 0.128 e. The highest BCUT2D eigenvalue weighted by molar-refractivity contribution is 5.81. The van der Waals surface area contributed by atoms with Gasteiger partial charge in [0.05, 0.1) is 5.69 Å². The van der Waals surface area contributed by atoms with Crippen molar-refractivity contribution in [2.45, 2.75) is 13.2 Å². The van der Waals surface area contributed by atoms with Crippen LogP contribution in [0.3, 0.4) is 0 Å². The second-order valence-electron chi connectivity index (χ2n) is 4.52. The molecule has 3 heteroatoms. The first-order chi connectivity index (χ1) is 9.35. The maximum atomic E-state index is 5.72. The zero-order chi connectivity index (χ0) is 13.1. The predicted molar refractivity (Wildman–Crippen MR) is 77.0 cm³/mol. The van der Waals surface area contributed by atoms with Crippen LogP contribution < -0.4 is 10.5 Å². The van der Waals surface area contributed by atoms with E-state index >= 15 is 0 Å². The molecule has 0 saturated heterocycles. The van der Waals surface area contributed by atoms with Gasteiger partial charge >= 0.3 is 0 Å². The number of nitrogens with one attached hydrogen (secondary N) is 1. The van der Waals surface area contributed by atoms with Crippen LogP contribution in [0.15, 0.2) is 54.6 Å². The summed E-state index contributed by atoms with van der Waals surface area (Å²) >= 11 is 0. The fourth-order valence-corrected chi connectivity index (χ4v) is 2.12. The molecule has 3 rings (SSSR count). The van der Waals surface area contributed by atoms with Crippen LogP contribution in [0.25, 0.3) is 10.9 Å². The van der Waals surface area contributed by atoms with Gasteiger partial charge in [-0.3, -0.25) is 0 Å². The number of fused-ring (bicyclic) bond motifs is 1. The molecule has 0 aliphatic rings. The lowest BCUT2D eigenvalue weighted by atomic mass is 10.1. The molecule has 96 valence electrons. The van der Waals surface area contributed by atoms with Gasteiger partial charge in [-0.25, -0.2) is 0 Å². The highest BCUT2D eigenvalue weighted by Crippen LogP contribution is 2.18. The number of rotatable bonds is 4. The summed E-state index contributed by atoms with van der Waals surface area (Å²) in [6.07, 6.45) is 0. The molecule has 0 bridgehead atoms. The second kappa shape index (κ2) is 5.16. The lowest BCUT2D eigenvalue weighted by Gasteiger charge is -2.03. The number of para-hydroxylation sites is 1. The Morgan fingerprint density at radius 3 is 2.63 bits per heavy atom. The van der Waals surface area contributed by atoms with E-state index in [-0.39, 0.29) is 0 Å². The third-order valence-electron chi connectivity index (χ3n) is 3.11. The summed E-state index contributed by atoms with van der Waals surface area (Å²) in [5, 5.41) is 1.18. The summed E-state index contributed by atoms with van der Waals surface area (Å²) in [6.45, 7) is 1.10. The molecule has 0 unspecified atom stereocenters. The van der Waals surface area contributed by atoms with Gasteiger partial charge < -0.3 is 15.5 Å². The average Bonchev–Trinajstić information content (AvgIpc) is 2.88. The summed E-state index contributed by atoms with van der Waals surface area (Å²) in [5.74, 6) is 0.879. The van der Waals surface area contributed by atoms with Crippen LogP contribution in [-0.4, -0.2) is 4.98 Å². The van der Waals surface area contributed by atoms with E-state index in [2.05, 4.69) is 23.2 Å². The molecule has 1 aromatic heterocycles. The fraction of sp³-hybridized carbons (Fsp3) is 0.125. The molecule has 3 N–H and O–H groups in total. The van der Waals surface area contributed by atoms with E-state index < -0.39 is 0 Å². The topological polar surface area (TPSA) is 51.0 Å². The molecular formula is C16H16N2O. The van der Waals surface area contributed by atoms with Crippen LogP contribution in [0.2, 0.25) is 0 Å². The van der Waals surface area contributed by atoms with Crippen LogP contribution in [-0.2, 0) is 13.2 Å². The highest BCUT2D eigenvalue weighted by Gasteiger charge is 2.02. The summed E-state index contributed by atoms with van der Waals surface area (Å²) in [4.78, 5) is 3.35. The molecule has 2 aromatic carbocycles. The van der Waals surface area contributed by atoms with Crippen molar-refractivity contribution in [1.82, 2.24) is 4.98 Å². The van der Waals surface area contributed by atoms with Gasteiger partial charge in [0.25, 0.3) is 0 Å². The van der Waals surface area contributed by atoms with E-state index in [0.717, 1.165) is 22.5 Å². The van der Waals surface area contributed by atoms with Crippen LogP contribution in [0, 0.1) is 0 Å². The highest BCUT2D eigenvalue weighted by atomic mass is 16.5. The summed E-state index contributed by atoms with van der Waals surface area (Å²) in [6, 6.07) is 18.1. The number of benzene rings is 2. The fourth-order valence-electron chi connectivity index (χ4n) is 2.12. The van der Waals surface area contributed by atoms with Crippen molar-refractivity contribution in [2.24, 2.45) is 5.73 Å². The van der Waals surface area contributed by atoms with Crippen molar-refractivity contribution in [3.05, 3.63) is 65.9 Å². The maximum absolute atomic E-state index is 5.72. The minimum absolute atomic E-state index is 0.538. The van der Waals surface area contributed by atoms with Crippen LogP contribution in [0.5, 0.6) is 5.75 Å². The molecule has 1 heterocycles. The molecule has 19 heavy (non-hydrogen) atoms. The van der Waals surface area contributed by atoms with Crippen molar-refractivity contribution in [1.29, 1.82) is 0 Å². The Kier molecular flexibility index (Phi) is 3.21. The van der Waals surface area contributed by atoms with Gasteiger partial charge in [-0.15, -0.1) is 0 Å². The van der Waals surface area contributed by atoms with Gasteiger partial charge in [-0.05, 0) is 35.9 Å². The van der Waals surface area contributed by atoms with Crippen molar-refractivity contribution < 1.29 is 4.74 Å². The molecule has 0 aliphatic carbocycles. The van der Waals surface area contributed by atoms with Gasteiger partial charge in [-0.1, -0.05) is 24.3 Å². The number of hydrogen-bond acceptors (Lipinski definition) is 2. The summed E-state index contributed by atoms with van der Waals surface area (Å²) < 4.78 is 5.72. The second-order valence-corrected chi connectivity index (χ2v) is 4.52. The van der Waals surface area contributed by atoms with E-state index in [9.17, 15) is 0 Å². The van der Waals surface area contributed by atoms with E-state index in [4.69, 9.17) is 10.5 Å². The molecule has 0 fully saturated rings. The van der Waals surface area contributed by atoms with Crippen LogP contribution in [0.4, 0.5) is 0 Å². The van der Waals surface area contributed by atoms with Gasteiger partial charge in [0.15, 0.2) is 0 Å². The number of aromatic amines is 1. The van der Waals surface area contributed by atoms with Crippen molar-refractivity contribution in [2.75, 3.05) is 0 Å². The van der Waals surface area contributed by atoms with Gasteiger partial charge in [-0.2, -0.15) is 0 Å². The van der Waals surface area contributed by atoms with Crippen LogP contribution in [0.1, 0.15) is 11.3 Å². The molecule has 0 aliphatic heterocycles. The largest absolute Gasteiger partial charge is 0.487 e. The molecule has 0 atom stereocenters. The van der Waals surface area contributed by atoms with Gasteiger partial charge in [0, 0.05) is 17.4 Å². The number of ether oxygens (including phenoxy) is 1. The molecular weight excluding hydrogens is 236 g/mol. The Labute approximate surface area is 112 Å². The third kappa shape index (κ3) is 2.61. The third-order valence-corrected chi connectivity index (χ3v) is 3.11. The Balaban J connectivity index is 1.78. The number of aromatic nitrogens is 1. The average molecular weight is 252 g/mol.